The maximum atomic E-state index is 13.0. The van der Waals surface area contributed by atoms with Crippen LogP contribution in [0.2, 0.25) is 0 Å². The molecule has 110 valence electrons. The number of carbonyl (C=O) groups is 1. The van der Waals surface area contributed by atoms with Gasteiger partial charge in [0.2, 0.25) is 0 Å². The van der Waals surface area contributed by atoms with Gasteiger partial charge in [0.15, 0.2) is 0 Å². The van der Waals surface area contributed by atoms with E-state index in [4.69, 9.17) is 0 Å². The minimum absolute atomic E-state index is 0.276. The molecule has 0 aromatic heterocycles. The molecule has 4 heteroatoms. The number of aliphatic carboxylic acids is 1. The van der Waals surface area contributed by atoms with Crippen molar-refractivity contribution in [2.75, 3.05) is 18.5 Å². The Morgan fingerprint density at radius 1 is 1.45 bits per heavy atom. The Morgan fingerprint density at radius 3 is 2.65 bits per heavy atom. The first-order valence-electron chi connectivity index (χ1n) is 7.13. The molecule has 1 N–H and O–H groups in total. The van der Waals surface area contributed by atoms with Gasteiger partial charge in [-0.25, -0.2) is 4.39 Å². The first-order chi connectivity index (χ1) is 9.43. The summed E-state index contributed by atoms with van der Waals surface area (Å²) in [6.45, 7) is 2.59. The van der Waals surface area contributed by atoms with Crippen molar-refractivity contribution in [2.24, 2.45) is 11.3 Å². The fourth-order valence-corrected chi connectivity index (χ4v) is 3.31. The normalized spacial score (nSPS) is 26.2. The largest absolute Gasteiger partial charge is 0.481 e. The number of hydrogen-bond acceptors (Lipinski definition) is 2. The highest BCUT2D eigenvalue weighted by molar-refractivity contribution is 5.76. The number of anilines is 1. The van der Waals surface area contributed by atoms with Crippen molar-refractivity contribution in [3.63, 3.8) is 0 Å². The molecular formula is C16H22FNO2. The van der Waals surface area contributed by atoms with E-state index in [-0.39, 0.29) is 5.82 Å². The zero-order valence-corrected chi connectivity index (χ0v) is 12.1. The second-order valence-corrected chi connectivity index (χ2v) is 6.12. The number of rotatable bonds is 4. The quantitative estimate of drug-likeness (QED) is 0.916. The number of carboxylic acid groups (broad SMARTS) is 1. The molecule has 0 bridgehead atoms. The molecule has 20 heavy (non-hydrogen) atoms. The van der Waals surface area contributed by atoms with E-state index in [2.05, 4.69) is 6.92 Å². The summed E-state index contributed by atoms with van der Waals surface area (Å²) in [5.74, 6) is -0.541. The third-order valence-corrected chi connectivity index (χ3v) is 4.35. The molecule has 3 nitrogen and oxygen atoms in total. The standard InChI is InChI=1S/C16H22FNO2/c1-12-4-3-9-16(10-12,15(19)20)11-18(2)14-7-5-13(17)6-8-14/h5-8,12H,3-4,9-11H2,1-2H3,(H,19,20). The number of carboxylic acids is 1. The van der Waals surface area contributed by atoms with Gasteiger partial charge in [-0.05, 0) is 43.0 Å². The van der Waals surface area contributed by atoms with Crippen molar-refractivity contribution in [2.45, 2.75) is 32.6 Å². The lowest BCUT2D eigenvalue weighted by molar-refractivity contribution is -0.151. The van der Waals surface area contributed by atoms with Crippen LogP contribution >= 0.6 is 0 Å². The van der Waals surface area contributed by atoms with E-state index in [9.17, 15) is 14.3 Å². The summed E-state index contributed by atoms with van der Waals surface area (Å²) >= 11 is 0. The van der Waals surface area contributed by atoms with Crippen LogP contribution in [0.15, 0.2) is 24.3 Å². The summed E-state index contributed by atoms with van der Waals surface area (Å²) in [4.78, 5) is 13.7. The van der Waals surface area contributed by atoms with E-state index in [0.717, 1.165) is 24.9 Å². The van der Waals surface area contributed by atoms with Crippen molar-refractivity contribution in [1.29, 1.82) is 0 Å². The van der Waals surface area contributed by atoms with E-state index in [1.54, 1.807) is 12.1 Å². The SMILES string of the molecule is CC1CCCC(CN(C)c2ccc(F)cc2)(C(=O)O)C1. The highest BCUT2D eigenvalue weighted by Crippen LogP contribution is 2.40. The number of nitrogens with zero attached hydrogens (tertiary/aromatic N) is 1. The molecule has 0 radical (unpaired) electrons. The zero-order valence-electron chi connectivity index (χ0n) is 12.1. The van der Waals surface area contributed by atoms with Gasteiger partial charge in [-0.1, -0.05) is 19.8 Å². The van der Waals surface area contributed by atoms with E-state index < -0.39 is 11.4 Å². The molecule has 1 aliphatic carbocycles. The average Bonchev–Trinajstić information content (AvgIpc) is 2.39. The van der Waals surface area contributed by atoms with Crippen LogP contribution in [-0.4, -0.2) is 24.7 Å². The monoisotopic (exact) mass is 279 g/mol. The molecule has 1 aromatic carbocycles. The summed E-state index contributed by atoms with van der Waals surface area (Å²) in [5.41, 5.74) is 0.172. The van der Waals surface area contributed by atoms with Gasteiger partial charge in [-0.3, -0.25) is 4.79 Å². The summed E-state index contributed by atoms with van der Waals surface area (Å²) in [6.07, 6.45) is 3.51. The fraction of sp³-hybridized carbons (Fsp3) is 0.562. The first kappa shape index (κ1) is 14.8. The first-order valence-corrected chi connectivity index (χ1v) is 7.13. The number of hydrogen-bond donors (Lipinski definition) is 1. The molecule has 1 saturated carbocycles. The molecule has 2 unspecified atom stereocenters. The molecule has 0 spiro atoms. The molecule has 1 aliphatic rings. The van der Waals surface area contributed by atoms with Gasteiger partial charge in [0, 0.05) is 19.3 Å². The molecule has 0 aliphatic heterocycles. The Hall–Kier alpha value is -1.58. The van der Waals surface area contributed by atoms with Gasteiger partial charge < -0.3 is 10.0 Å². The van der Waals surface area contributed by atoms with Gasteiger partial charge in [-0.2, -0.15) is 0 Å². The predicted octanol–water partition coefficient (Wildman–Crippen LogP) is 3.54. The Kier molecular flexibility index (Phi) is 4.31. The van der Waals surface area contributed by atoms with Crippen LogP contribution in [0.25, 0.3) is 0 Å². The van der Waals surface area contributed by atoms with Gasteiger partial charge in [-0.15, -0.1) is 0 Å². The van der Waals surface area contributed by atoms with Crippen LogP contribution in [0.5, 0.6) is 0 Å². The van der Waals surface area contributed by atoms with E-state index in [1.807, 2.05) is 11.9 Å². The number of benzene rings is 1. The zero-order chi connectivity index (χ0) is 14.8. The molecule has 2 atom stereocenters. The minimum Gasteiger partial charge on any atom is -0.481 e. The highest BCUT2D eigenvalue weighted by atomic mass is 19.1. The lowest BCUT2D eigenvalue weighted by atomic mass is 9.69. The van der Waals surface area contributed by atoms with E-state index >= 15 is 0 Å². The topological polar surface area (TPSA) is 40.5 Å². The van der Waals surface area contributed by atoms with Crippen LogP contribution in [0, 0.1) is 17.2 Å². The molecule has 1 aromatic rings. The Balaban J connectivity index is 2.15. The summed E-state index contributed by atoms with van der Waals surface area (Å²) < 4.78 is 13.0. The van der Waals surface area contributed by atoms with Crippen molar-refractivity contribution in [1.82, 2.24) is 0 Å². The van der Waals surface area contributed by atoms with Crippen LogP contribution in [-0.2, 0) is 4.79 Å². The molecule has 1 fully saturated rings. The smallest absolute Gasteiger partial charge is 0.311 e. The second kappa shape index (κ2) is 5.81. The summed E-state index contributed by atoms with van der Waals surface area (Å²) in [7, 11) is 1.87. The Morgan fingerprint density at radius 2 is 2.10 bits per heavy atom. The molecular weight excluding hydrogens is 257 g/mol. The summed E-state index contributed by atoms with van der Waals surface area (Å²) in [5, 5.41) is 9.66. The maximum Gasteiger partial charge on any atom is 0.311 e. The van der Waals surface area contributed by atoms with E-state index in [0.29, 0.717) is 18.9 Å². The van der Waals surface area contributed by atoms with Crippen molar-refractivity contribution in [3.8, 4) is 0 Å². The molecule has 0 amide bonds. The molecule has 0 saturated heterocycles. The highest BCUT2D eigenvalue weighted by Gasteiger charge is 2.42. The third kappa shape index (κ3) is 3.11. The van der Waals surface area contributed by atoms with Gasteiger partial charge in [0.25, 0.3) is 0 Å². The van der Waals surface area contributed by atoms with E-state index in [1.165, 1.54) is 12.1 Å². The fourth-order valence-electron chi connectivity index (χ4n) is 3.31. The van der Waals surface area contributed by atoms with Crippen LogP contribution in [0.4, 0.5) is 10.1 Å². The maximum absolute atomic E-state index is 13.0. The molecule has 2 rings (SSSR count). The minimum atomic E-state index is -0.710. The van der Waals surface area contributed by atoms with Crippen LogP contribution < -0.4 is 4.90 Å². The van der Waals surface area contributed by atoms with Crippen molar-refractivity contribution < 1.29 is 14.3 Å². The average molecular weight is 279 g/mol. The van der Waals surface area contributed by atoms with Gasteiger partial charge in [0.05, 0.1) is 5.41 Å². The third-order valence-electron chi connectivity index (χ3n) is 4.35. The number of halogens is 1. The second-order valence-electron chi connectivity index (χ2n) is 6.12. The predicted molar refractivity (Wildman–Crippen MR) is 77.4 cm³/mol. The van der Waals surface area contributed by atoms with Crippen LogP contribution in [0.1, 0.15) is 32.6 Å². The van der Waals surface area contributed by atoms with Crippen molar-refractivity contribution >= 4 is 11.7 Å². The van der Waals surface area contributed by atoms with Crippen LogP contribution in [0.3, 0.4) is 0 Å². The Labute approximate surface area is 119 Å². The Bertz CT molecular complexity index is 474. The molecule has 0 heterocycles. The lowest BCUT2D eigenvalue weighted by Crippen LogP contribution is -2.45. The van der Waals surface area contributed by atoms with Crippen molar-refractivity contribution in [3.05, 3.63) is 30.1 Å². The van der Waals surface area contributed by atoms with Gasteiger partial charge >= 0.3 is 5.97 Å². The lowest BCUT2D eigenvalue weighted by Gasteiger charge is -2.39. The summed E-state index contributed by atoms with van der Waals surface area (Å²) in [6, 6.07) is 6.19. The van der Waals surface area contributed by atoms with Gasteiger partial charge in [0.1, 0.15) is 5.82 Å².